The van der Waals surface area contributed by atoms with Gasteiger partial charge in [-0.15, -0.1) is 0 Å². The highest BCUT2D eigenvalue weighted by molar-refractivity contribution is 5.02. The number of aliphatic hydroxyl groups excluding tert-OH is 1. The summed E-state index contributed by atoms with van der Waals surface area (Å²) in [5, 5.41) is 9.55. The zero-order chi connectivity index (χ0) is 7.35. The van der Waals surface area contributed by atoms with Crippen LogP contribution in [0.2, 0.25) is 0 Å². The third-order valence-corrected chi connectivity index (χ3v) is 3.82. The number of fused-ring (bicyclic) bond motifs is 2. The Bertz CT molecular complexity index is 151. The molecule has 2 aliphatic rings. The molecular weight excluding hydrogens is 124 g/mol. The van der Waals surface area contributed by atoms with Gasteiger partial charge in [-0.3, -0.25) is 0 Å². The summed E-state index contributed by atoms with van der Waals surface area (Å²) in [5.41, 5.74) is 0.444. The molecule has 0 saturated heterocycles. The van der Waals surface area contributed by atoms with E-state index in [1.807, 2.05) is 0 Å². The van der Waals surface area contributed by atoms with Crippen molar-refractivity contribution in [1.29, 1.82) is 0 Å². The molecule has 2 bridgehead atoms. The van der Waals surface area contributed by atoms with Gasteiger partial charge in [-0.25, -0.2) is 0 Å². The minimum absolute atomic E-state index is 0.0220. The Morgan fingerprint density at radius 3 is 2.20 bits per heavy atom. The maximum absolute atomic E-state index is 9.55. The molecule has 1 heteroatoms. The fraction of sp³-hybridized carbons (Fsp3) is 1.00. The molecule has 2 saturated carbocycles. The molecule has 0 aromatic rings. The largest absolute Gasteiger partial charge is 0.393 e. The zero-order valence-corrected chi connectivity index (χ0v) is 6.80. The van der Waals surface area contributed by atoms with Crippen LogP contribution in [0, 0.1) is 17.3 Å². The molecule has 2 aliphatic carbocycles. The van der Waals surface area contributed by atoms with Crippen molar-refractivity contribution in [2.45, 2.75) is 39.2 Å². The van der Waals surface area contributed by atoms with Crippen molar-refractivity contribution in [3.8, 4) is 0 Å². The van der Waals surface area contributed by atoms with Crippen LogP contribution in [0.3, 0.4) is 0 Å². The van der Waals surface area contributed by atoms with Gasteiger partial charge in [0.05, 0.1) is 6.10 Å². The quantitative estimate of drug-likeness (QED) is 0.544. The topological polar surface area (TPSA) is 20.2 Å². The molecule has 0 aromatic carbocycles. The lowest BCUT2D eigenvalue weighted by atomic mass is 9.82. The fourth-order valence-corrected chi connectivity index (χ4v) is 2.99. The molecule has 0 amide bonds. The predicted octanol–water partition coefficient (Wildman–Crippen LogP) is 1.80. The lowest BCUT2D eigenvalue weighted by molar-refractivity contribution is 0.0949. The molecule has 1 unspecified atom stereocenters. The first kappa shape index (κ1) is 6.66. The number of hydrogen-bond acceptors (Lipinski definition) is 1. The van der Waals surface area contributed by atoms with E-state index in [1.165, 1.54) is 12.8 Å². The maximum atomic E-state index is 9.55. The van der Waals surface area contributed by atoms with Crippen LogP contribution < -0.4 is 0 Å². The average Bonchev–Trinajstić information content (AvgIpc) is 2.20. The Morgan fingerprint density at radius 1 is 1.30 bits per heavy atom. The van der Waals surface area contributed by atoms with Crippen LogP contribution in [0.1, 0.15) is 33.1 Å². The van der Waals surface area contributed by atoms with E-state index in [1.54, 1.807) is 0 Å². The highest BCUT2D eigenvalue weighted by Crippen LogP contribution is 2.57. The second-order valence-corrected chi connectivity index (χ2v) is 4.51. The highest BCUT2D eigenvalue weighted by Gasteiger charge is 2.52. The van der Waals surface area contributed by atoms with Crippen molar-refractivity contribution in [3.05, 3.63) is 0 Å². The highest BCUT2D eigenvalue weighted by atomic mass is 16.3. The van der Waals surface area contributed by atoms with Gasteiger partial charge in [-0.1, -0.05) is 13.8 Å². The molecule has 2 rings (SSSR count). The van der Waals surface area contributed by atoms with E-state index in [0.717, 1.165) is 12.3 Å². The Balaban J connectivity index is 2.27. The van der Waals surface area contributed by atoms with Gasteiger partial charge >= 0.3 is 0 Å². The SMILES string of the molecule is CC1(C)[C@H]2CC[C@@H]1C(O)C2. The van der Waals surface area contributed by atoms with E-state index in [0.29, 0.717) is 11.3 Å². The Kier molecular flexibility index (Phi) is 1.17. The minimum Gasteiger partial charge on any atom is -0.393 e. The van der Waals surface area contributed by atoms with Crippen LogP contribution in [0.5, 0.6) is 0 Å². The number of aliphatic hydroxyl groups is 1. The first-order valence-electron chi connectivity index (χ1n) is 4.30. The number of rotatable bonds is 0. The molecule has 58 valence electrons. The van der Waals surface area contributed by atoms with Crippen LogP contribution >= 0.6 is 0 Å². The lowest BCUT2D eigenvalue weighted by Crippen LogP contribution is -2.22. The monoisotopic (exact) mass is 140 g/mol. The van der Waals surface area contributed by atoms with Crippen LogP contribution in [0.25, 0.3) is 0 Å². The lowest BCUT2D eigenvalue weighted by Gasteiger charge is -2.24. The fourth-order valence-electron chi connectivity index (χ4n) is 2.99. The van der Waals surface area contributed by atoms with Gasteiger partial charge in [-0.05, 0) is 36.5 Å². The molecular formula is C9H16O. The Morgan fingerprint density at radius 2 is 2.00 bits per heavy atom. The standard InChI is InChI=1S/C9H16O/c1-9(2)6-3-4-7(9)8(10)5-6/h6-8,10H,3-5H2,1-2H3/t6-,7+,8?/m0/s1. The molecule has 3 atom stereocenters. The van der Waals surface area contributed by atoms with Gasteiger partial charge in [0.1, 0.15) is 0 Å². The van der Waals surface area contributed by atoms with Gasteiger partial charge in [0.2, 0.25) is 0 Å². The summed E-state index contributed by atoms with van der Waals surface area (Å²) in [6, 6.07) is 0. The van der Waals surface area contributed by atoms with Crippen molar-refractivity contribution < 1.29 is 5.11 Å². The van der Waals surface area contributed by atoms with Crippen molar-refractivity contribution in [2.24, 2.45) is 17.3 Å². The minimum atomic E-state index is 0.0220. The van der Waals surface area contributed by atoms with E-state index in [-0.39, 0.29) is 6.10 Å². The summed E-state index contributed by atoms with van der Waals surface area (Å²) in [5.74, 6) is 1.42. The normalized spacial score (nSPS) is 50.1. The maximum Gasteiger partial charge on any atom is 0.0576 e. The molecule has 2 fully saturated rings. The Labute approximate surface area is 62.4 Å². The molecule has 0 radical (unpaired) electrons. The van der Waals surface area contributed by atoms with Gasteiger partial charge in [0, 0.05) is 0 Å². The first-order chi connectivity index (χ1) is 4.62. The molecule has 1 nitrogen and oxygen atoms in total. The van der Waals surface area contributed by atoms with Crippen LogP contribution in [-0.2, 0) is 0 Å². The molecule has 10 heavy (non-hydrogen) atoms. The average molecular weight is 140 g/mol. The van der Waals surface area contributed by atoms with E-state index < -0.39 is 0 Å². The third kappa shape index (κ3) is 0.619. The van der Waals surface area contributed by atoms with Gasteiger partial charge in [-0.2, -0.15) is 0 Å². The summed E-state index contributed by atoms with van der Waals surface area (Å²) < 4.78 is 0. The smallest absolute Gasteiger partial charge is 0.0576 e. The molecule has 0 aliphatic heterocycles. The second kappa shape index (κ2) is 1.76. The Hall–Kier alpha value is -0.0400. The van der Waals surface area contributed by atoms with E-state index in [9.17, 15) is 5.11 Å². The zero-order valence-electron chi connectivity index (χ0n) is 6.80. The summed E-state index contributed by atoms with van der Waals surface area (Å²) in [4.78, 5) is 0. The third-order valence-electron chi connectivity index (χ3n) is 3.82. The van der Waals surface area contributed by atoms with Crippen LogP contribution in [0.15, 0.2) is 0 Å². The van der Waals surface area contributed by atoms with Gasteiger partial charge in [0.15, 0.2) is 0 Å². The molecule has 0 heterocycles. The number of hydrogen-bond donors (Lipinski definition) is 1. The summed E-state index contributed by atoms with van der Waals surface area (Å²) in [6.45, 7) is 4.62. The van der Waals surface area contributed by atoms with E-state index in [4.69, 9.17) is 0 Å². The predicted molar refractivity (Wildman–Crippen MR) is 40.6 cm³/mol. The van der Waals surface area contributed by atoms with Crippen molar-refractivity contribution in [2.75, 3.05) is 0 Å². The summed E-state index contributed by atoms with van der Waals surface area (Å²) in [7, 11) is 0. The van der Waals surface area contributed by atoms with E-state index >= 15 is 0 Å². The van der Waals surface area contributed by atoms with Crippen molar-refractivity contribution in [1.82, 2.24) is 0 Å². The summed E-state index contributed by atoms with van der Waals surface area (Å²) in [6.07, 6.45) is 3.71. The molecule has 1 N–H and O–H groups in total. The summed E-state index contributed by atoms with van der Waals surface area (Å²) >= 11 is 0. The first-order valence-corrected chi connectivity index (χ1v) is 4.30. The van der Waals surface area contributed by atoms with Crippen LogP contribution in [0.4, 0.5) is 0 Å². The van der Waals surface area contributed by atoms with Gasteiger partial charge < -0.3 is 5.11 Å². The second-order valence-electron chi connectivity index (χ2n) is 4.51. The van der Waals surface area contributed by atoms with Crippen molar-refractivity contribution in [3.63, 3.8) is 0 Å². The van der Waals surface area contributed by atoms with Crippen molar-refractivity contribution >= 4 is 0 Å². The van der Waals surface area contributed by atoms with E-state index in [2.05, 4.69) is 13.8 Å². The molecule has 0 aromatic heterocycles. The van der Waals surface area contributed by atoms with Gasteiger partial charge in [0.25, 0.3) is 0 Å². The van der Waals surface area contributed by atoms with Crippen LogP contribution in [-0.4, -0.2) is 11.2 Å². The molecule has 0 spiro atoms.